The minimum Gasteiger partial charge on any atom is -0.507 e. The summed E-state index contributed by atoms with van der Waals surface area (Å²) in [5.41, 5.74) is 2.48. The summed E-state index contributed by atoms with van der Waals surface area (Å²) in [6.45, 7) is 2.98. The van der Waals surface area contributed by atoms with Crippen molar-refractivity contribution in [1.82, 2.24) is 15.5 Å². The standard InChI is InChI=1S/C19H20N4O2/c1-3-13-6-7-15(16(24)9-13)19-12(2)8-17(22-23-19)21-18(25)11-20-10-14-4-5-14/h1,6-9,14,20,24H,4-5,10-11H2,2H3,(H,21,22,25). The van der Waals surface area contributed by atoms with Gasteiger partial charge in [0.15, 0.2) is 5.82 Å². The molecule has 0 aliphatic heterocycles. The number of nitrogens with zero attached hydrogens (tertiary/aromatic N) is 2. The van der Waals surface area contributed by atoms with E-state index in [0.717, 1.165) is 18.0 Å². The Morgan fingerprint density at radius 3 is 2.80 bits per heavy atom. The maximum Gasteiger partial charge on any atom is 0.239 e. The topological polar surface area (TPSA) is 87.1 Å². The minimum absolute atomic E-state index is 0.0499. The van der Waals surface area contributed by atoms with Crippen molar-refractivity contribution in [1.29, 1.82) is 0 Å². The number of rotatable bonds is 6. The molecule has 1 aliphatic rings. The van der Waals surface area contributed by atoms with Gasteiger partial charge in [0.2, 0.25) is 5.91 Å². The monoisotopic (exact) mass is 336 g/mol. The summed E-state index contributed by atoms with van der Waals surface area (Å²) >= 11 is 0. The van der Waals surface area contributed by atoms with Crippen molar-refractivity contribution in [2.45, 2.75) is 19.8 Å². The highest BCUT2D eigenvalue weighted by molar-refractivity contribution is 5.91. The molecule has 0 saturated heterocycles. The van der Waals surface area contributed by atoms with Crippen molar-refractivity contribution >= 4 is 11.7 Å². The van der Waals surface area contributed by atoms with Crippen molar-refractivity contribution in [3.63, 3.8) is 0 Å². The molecule has 0 unspecified atom stereocenters. The molecule has 0 spiro atoms. The Morgan fingerprint density at radius 1 is 1.36 bits per heavy atom. The molecule has 2 aromatic rings. The predicted octanol–water partition coefficient (Wildman–Crippen LogP) is 2.08. The fourth-order valence-electron chi connectivity index (χ4n) is 2.53. The molecule has 1 fully saturated rings. The van der Waals surface area contributed by atoms with Gasteiger partial charge in [-0.1, -0.05) is 5.92 Å². The van der Waals surface area contributed by atoms with E-state index in [9.17, 15) is 9.90 Å². The van der Waals surface area contributed by atoms with Gasteiger partial charge in [0.1, 0.15) is 5.75 Å². The fourth-order valence-corrected chi connectivity index (χ4v) is 2.53. The zero-order valence-electron chi connectivity index (χ0n) is 14.0. The summed E-state index contributed by atoms with van der Waals surface area (Å²) in [5, 5.41) is 24.1. The molecule has 1 amide bonds. The number of phenolic OH excluding ortho intramolecular Hbond substituents is 1. The Balaban J connectivity index is 1.68. The number of phenols is 1. The van der Waals surface area contributed by atoms with E-state index in [1.807, 2.05) is 6.92 Å². The van der Waals surface area contributed by atoms with Crippen molar-refractivity contribution in [3.8, 4) is 29.4 Å². The molecule has 3 rings (SSSR count). The zero-order chi connectivity index (χ0) is 17.8. The smallest absolute Gasteiger partial charge is 0.239 e. The molecule has 128 valence electrons. The van der Waals surface area contributed by atoms with Crippen molar-refractivity contribution in [2.24, 2.45) is 5.92 Å². The molecule has 1 aromatic heterocycles. The van der Waals surface area contributed by atoms with Crippen LogP contribution in [0.25, 0.3) is 11.3 Å². The highest BCUT2D eigenvalue weighted by Crippen LogP contribution is 2.31. The van der Waals surface area contributed by atoms with E-state index in [-0.39, 0.29) is 18.2 Å². The minimum atomic E-state index is -0.150. The van der Waals surface area contributed by atoms with E-state index in [1.165, 1.54) is 18.9 Å². The second-order valence-electron chi connectivity index (χ2n) is 6.26. The summed E-state index contributed by atoms with van der Waals surface area (Å²) in [7, 11) is 0. The van der Waals surface area contributed by atoms with Crippen LogP contribution >= 0.6 is 0 Å². The number of nitrogens with one attached hydrogen (secondary N) is 2. The van der Waals surface area contributed by atoms with Gasteiger partial charge < -0.3 is 15.7 Å². The summed E-state index contributed by atoms with van der Waals surface area (Å²) in [6, 6.07) is 6.69. The van der Waals surface area contributed by atoms with Gasteiger partial charge in [-0.15, -0.1) is 16.6 Å². The van der Waals surface area contributed by atoms with Crippen LogP contribution < -0.4 is 10.6 Å². The van der Waals surface area contributed by atoms with Gasteiger partial charge in [-0.05, 0) is 62.1 Å². The van der Waals surface area contributed by atoms with Gasteiger partial charge in [-0.25, -0.2) is 0 Å². The number of terminal acetylenes is 1. The lowest BCUT2D eigenvalue weighted by Gasteiger charge is -2.10. The SMILES string of the molecule is C#Cc1ccc(-c2nnc(NC(=O)CNCC3CC3)cc2C)c(O)c1. The molecule has 1 aromatic carbocycles. The normalized spacial score (nSPS) is 13.3. The Labute approximate surface area is 146 Å². The molecule has 25 heavy (non-hydrogen) atoms. The molecule has 1 saturated carbocycles. The lowest BCUT2D eigenvalue weighted by molar-refractivity contribution is -0.115. The molecule has 6 nitrogen and oxygen atoms in total. The maximum absolute atomic E-state index is 11.9. The van der Waals surface area contributed by atoms with Gasteiger partial charge in [0.05, 0.1) is 12.2 Å². The van der Waals surface area contributed by atoms with Crippen LogP contribution in [0, 0.1) is 25.2 Å². The third-order valence-corrected chi connectivity index (χ3v) is 4.09. The van der Waals surface area contributed by atoms with Crippen LogP contribution in [0.4, 0.5) is 5.82 Å². The van der Waals surface area contributed by atoms with E-state index in [2.05, 4.69) is 26.8 Å². The summed E-state index contributed by atoms with van der Waals surface area (Å²) < 4.78 is 0. The number of aryl methyl sites for hydroxylation is 1. The maximum atomic E-state index is 11.9. The Bertz CT molecular complexity index is 838. The van der Waals surface area contributed by atoms with E-state index >= 15 is 0 Å². The van der Waals surface area contributed by atoms with E-state index < -0.39 is 0 Å². The number of aromatic hydroxyl groups is 1. The average Bonchev–Trinajstić information content (AvgIpc) is 3.40. The highest BCUT2D eigenvalue weighted by atomic mass is 16.3. The first-order valence-electron chi connectivity index (χ1n) is 8.21. The van der Waals surface area contributed by atoms with Crippen LogP contribution in [-0.2, 0) is 4.79 Å². The van der Waals surface area contributed by atoms with Crippen molar-refractivity contribution < 1.29 is 9.90 Å². The molecule has 1 heterocycles. The van der Waals surface area contributed by atoms with Gasteiger partial charge in [-0.2, -0.15) is 0 Å². The number of anilines is 1. The van der Waals surface area contributed by atoms with Gasteiger partial charge >= 0.3 is 0 Å². The van der Waals surface area contributed by atoms with E-state index in [0.29, 0.717) is 22.6 Å². The first-order valence-corrected chi connectivity index (χ1v) is 8.21. The number of carbonyl (C=O) groups excluding carboxylic acids is 1. The van der Waals surface area contributed by atoms with Crippen molar-refractivity contribution in [2.75, 3.05) is 18.4 Å². The number of hydrogen-bond donors (Lipinski definition) is 3. The lowest BCUT2D eigenvalue weighted by atomic mass is 10.0. The van der Waals surface area contributed by atoms with E-state index in [4.69, 9.17) is 6.42 Å². The van der Waals surface area contributed by atoms with Gasteiger partial charge in [0.25, 0.3) is 0 Å². The highest BCUT2D eigenvalue weighted by Gasteiger charge is 2.20. The number of carbonyl (C=O) groups is 1. The van der Waals surface area contributed by atoms with Crippen LogP contribution in [0.1, 0.15) is 24.0 Å². The van der Waals surface area contributed by atoms with Crippen LogP contribution in [-0.4, -0.2) is 34.3 Å². The lowest BCUT2D eigenvalue weighted by Crippen LogP contribution is -2.29. The molecular formula is C19H20N4O2. The molecule has 0 bridgehead atoms. The molecule has 0 atom stereocenters. The van der Waals surface area contributed by atoms with Gasteiger partial charge in [0, 0.05) is 11.1 Å². The van der Waals surface area contributed by atoms with Crippen LogP contribution in [0.5, 0.6) is 5.75 Å². The summed E-state index contributed by atoms with van der Waals surface area (Å²) in [5.74, 6) is 3.48. The van der Waals surface area contributed by atoms with Crippen LogP contribution in [0.3, 0.4) is 0 Å². The number of aromatic nitrogens is 2. The Morgan fingerprint density at radius 2 is 2.16 bits per heavy atom. The second-order valence-corrected chi connectivity index (χ2v) is 6.26. The molecule has 1 aliphatic carbocycles. The van der Waals surface area contributed by atoms with Crippen molar-refractivity contribution in [3.05, 3.63) is 35.4 Å². The van der Waals surface area contributed by atoms with Gasteiger partial charge in [-0.3, -0.25) is 4.79 Å². The quantitative estimate of drug-likeness (QED) is 0.703. The molecule has 3 N–H and O–H groups in total. The number of benzene rings is 1. The first-order chi connectivity index (χ1) is 12.1. The third-order valence-electron chi connectivity index (χ3n) is 4.09. The molecule has 0 radical (unpaired) electrons. The Kier molecular flexibility index (Phi) is 4.96. The van der Waals surface area contributed by atoms with E-state index in [1.54, 1.807) is 18.2 Å². The second kappa shape index (κ2) is 7.32. The van der Waals surface area contributed by atoms with Crippen LogP contribution in [0.15, 0.2) is 24.3 Å². The molecule has 6 heteroatoms. The summed E-state index contributed by atoms with van der Waals surface area (Å²) in [4.78, 5) is 11.9. The average molecular weight is 336 g/mol. The Hall–Kier alpha value is -2.91. The largest absolute Gasteiger partial charge is 0.507 e. The number of hydrogen-bond acceptors (Lipinski definition) is 5. The third kappa shape index (κ3) is 4.34. The van der Waals surface area contributed by atoms with Crippen LogP contribution in [0.2, 0.25) is 0 Å². The first kappa shape index (κ1) is 16.9. The fraction of sp³-hybridized carbons (Fsp3) is 0.316. The summed E-state index contributed by atoms with van der Waals surface area (Å²) in [6.07, 6.45) is 7.82. The predicted molar refractivity (Wildman–Crippen MR) is 96.0 cm³/mol. The molecular weight excluding hydrogens is 316 g/mol. The zero-order valence-corrected chi connectivity index (χ0v) is 14.0. The number of amides is 1.